The maximum absolute atomic E-state index is 6.10. The van der Waals surface area contributed by atoms with E-state index in [2.05, 4.69) is 103 Å². The van der Waals surface area contributed by atoms with Crippen LogP contribution < -0.4 is 0 Å². The van der Waals surface area contributed by atoms with E-state index < -0.39 is 0 Å². The van der Waals surface area contributed by atoms with Crippen LogP contribution in [0.3, 0.4) is 0 Å². The summed E-state index contributed by atoms with van der Waals surface area (Å²) in [5, 5.41) is 8.03. The molecule has 3 nitrogen and oxygen atoms in total. The van der Waals surface area contributed by atoms with Gasteiger partial charge in [0.15, 0.2) is 5.82 Å². The Hall–Kier alpha value is -5.02. The SMILES string of the molecule is c1ccc(-c2nc(-c3ccc4c(ccc5oc6ccccc6c54)c3)nc3ccc4ccccc4c23)cc1. The molecule has 0 saturated carbocycles. The third-order valence-corrected chi connectivity index (χ3v) is 7.25. The Bertz CT molecular complexity index is 2140. The predicted octanol–water partition coefficient (Wildman–Crippen LogP) is 9.17. The number of furan rings is 1. The van der Waals surface area contributed by atoms with Gasteiger partial charge in [-0.25, -0.2) is 9.97 Å². The third kappa shape index (κ3) is 3.08. The fourth-order valence-electron chi connectivity index (χ4n) is 5.53. The maximum Gasteiger partial charge on any atom is 0.160 e. The predicted molar refractivity (Wildman–Crippen MR) is 153 cm³/mol. The van der Waals surface area contributed by atoms with Crippen molar-refractivity contribution in [2.75, 3.05) is 0 Å². The Balaban J connectivity index is 1.40. The Morgan fingerprint density at radius 3 is 2.14 bits per heavy atom. The molecule has 0 radical (unpaired) electrons. The fourth-order valence-corrected chi connectivity index (χ4v) is 5.53. The molecule has 8 aromatic rings. The minimum atomic E-state index is 0.723. The first-order valence-electron chi connectivity index (χ1n) is 12.4. The second-order valence-corrected chi connectivity index (χ2v) is 9.42. The van der Waals surface area contributed by atoms with Gasteiger partial charge in [-0.05, 0) is 45.8 Å². The first-order valence-corrected chi connectivity index (χ1v) is 12.4. The molecule has 0 atom stereocenters. The summed E-state index contributed by atoms with van der Waals surface area (Å²) in [7, 11) is 0. The van der Waals surface area contributed by atoms with Crippen molar-refractivity contribution in [2.24, 2.45) is 0 Å². The molecule has 2 heterocycles. The third-order valence-electron chi connectivity index (χ3n) is 7.25. The topological polar surface area (TPSA) is 38.9 Å². The molecule has 0 saturated heterocycles. The Morgan fingerprint density at radius 2 is 1.22 bits per heavy atom. The second-order valence-electron chi connectivity index (χ2n) is 9.42. The lowest BCUT2D eigenvalue weighted by molar-refractivity contribution is 0.669. The molecule has 0 aliphatic heterocycles. The van der Waals surface area contributed by atoms with Gasteiger partial charge in [-0.1, -0.05) is 97.1 Å². The summed E-state index contributed by atoms with van der Waals surface area (Å²) >= 11 is 0. The van der Waals surface area contributed by atoms with Gasteiger partial charge in [-0.2, -0.15) is 0 Å². The van der Waals surface area contributed by atoms with Crippen LogP contribution in [0.2, 0.25) is 0 Å². The van der Waals surface area contributed by atoms with Crippen molar-refractivity contribution < 1.29 is 4.42 Å². The summed E-state index contributed by atoms with van der Waals surface area (Å²) in [4.78, 5) is 10.2. The molecular formula is C34H20N2O. The second kappa shape index (κ2) is 7.74. The molecule has 0 N–H and O–H groups in total. The Morgan fingerprint density at radius 1 is 0.459 bits per heavy atom. The number of hydrogen-bond acceptors (Lipinski definition) is 3. The Kier molecular flexibility index (Phi) is 4.23. The van der Waals surface area contributed by atoms with Gasteiger partial charge in [0.25, 0.3) is 0 Å². The lowest BCUT2D eigenvalue weighted by Gasteiger charge is -2.12. The number of benzene rings is 6. The zero-order valence-electron chi connectivity index (χ0n) is 19.8. The molecule has 3 heteroatoms. The monoisotopic (exact) mass is 472 g/mol. The molecule has 0 aliphatic rings. The minimum Gasteiger partial charge on any atom is -0.456 e. The summed E-state index contributed by atoms with van der Waals surface area (Å²) in [6.45, 7) is 0. The van der Waals surface area contributed by atoms with E-state index in [9.17, 15) is 0 Å². The fraction of sp³-hybridized carbons (Fsp3) is 0. The van der Waals surface area contributed by atoms with Crippen molar-refractivity contribution in [3.8, 4) is 22.6 Å². The highest BCUT2D eigenvalue weighted by Gasteiger charge is 2.16. The van der Waals surface area contributed by atoms with E-state index in [0.29, 0.717) is 0 Å². The standard InChI is InChI=1S/C34H20N2O/c1-2-9-22(10-3-1)33-32-25-11-5-4-8-21(25)15-18-28(32)35-34(36-33)24-14-17-26-23(20-24)16-19-30-31(26)27-12-6-7-13-29(27)37-30/h1-20H. The number of fused-ring (bicyclic) bond motifs is 8. The molecule has 0 spiro atoms. The van der Waals surface area contributed by atoms with Crippen LogP contribution in [0.5, 0.6) is 0 Å². The van der Waals surface area contributed by atoms with Gasteiger partial charge in [0.05, 0.1) is 11.2 Å². The van der Waals surface area contributed by atoms with Crippen LogP contribution in [0.4, 0.5) is 0 Å². The minimum absolute atomic E-state index is 0.723. The van der Waals surface area contributed by atoms with Crippen molar-refractivity contribution in [1.29, 1.82) is 0 Å². The van der Waals surface area contributed by atoms with Crippen molar-refractivity contribution in [3.05, 3.63) is 121 Å². The van der Waals surface area contributed by atoms with Crippen molar-refractivity contribution in [1.82, 2.24) is 9.97 Å². The lowest BCUT2D eigenvalue weighted by atomic mass is 9.99. The van der Waals surface area contributed by atoms with E-state index in [1.54, 1.807) is 0 Å². The van der Waals surface area contributed by atoms with Crippen LogP contribution in [0.25, 0.3) is 77.0 Å². The molecule has 37 heavy (non-hydrogen) atoms. The van der Waals surface area contributed by atoms with E-state index in [0.717, 1.165) is 66.3 Å². The van der Waals surface area contributed by atoms with Crippen LogP contribution in [0, 0.1) is 0 Å². The van der Waals surface area contributed by atoms with Gasteiger partial charge in [0.2, 0.25) is 0 Å². The smallest absolute Gasteiger partial charge is 0.160 e. The van der Waals surface area contributed by atoms with Gasteiger partial charge < -0.3 is 4.42 Å². The molecule has 172 valence electrons. The van der Waals surface area contributed by atoms with Crippen LogP contribution in [0.15, 0.2) is 126 Å². The van der Waals surface area contributed by atoms with Crippen molar-refractivity contribution in [3.63, 3.8) is 0 Å². The Labute approximate surface area is 212 Å². The van der Waals surface area contributed by atoms with E-state index >= 15 is 0 Å². The highest BCUT2D eigenvalue weighted by atomic mass is 16.3. The van der Waals surface area contributed by atoms with Crippen molar-refractivity contribution in [2.45, 2.75) is 0 Å². The van der Waals surface area contributed by atoms with Crippen LogP contribution in [0.1, 0.15) is 0 Å². The summed E-state index contributed by atoms with van der Waals surface area (Å²) in [5.41, 5.74) is 5.78. The summed E-state index contributed by atoms with van der Waals surface area (Å²) in [5.74, 6) is 0.723. The molecule has 6 aromatic carbocycles. The summed E-state index contributed by atoms with van der Waals surface area (Å²) in [6, 6.07) is 42.0. The van der Waals surface area contributed by atoms with E-state index in [1.807, 2.05) is 18.2 Å². The quantitative estimate of drug-likeness (QED) is 0.235. The van der Waals surface area contributed by atoms with Gasteiger partial charge >= 0.3 is 0 Å². The average Bonchev–Trinajstić information content (AvgIpc) is 3.36. The zero-order valence-corrected chi connectivity index (χ0v) is 19.8. The molecule has 0 amide bonds. The molecule has 0 aliphatic carbocycles. The number of para-hydroxylation sites is 1. The van der Waals surface area contributed by atoms with Gasteiger partial charge in [-0.3, -0.25) is 0 Å². The van der Waals surface area contributed by atoms with Crippen LogP contribution >= 0.6 is 0 Å². The van der Waals surface area contributed by atoms with Gasteiger partial charge in [-0.15, -0.1) is 0 Å². The first kappa shape index (κ1) is 20.2. The first-order chi connectivity index (χ1) is 18.3. The van der Waals surface area contributed by atoms with Crippen LogP contribution in [-0.4, -0.2) is 9.97 Å². The highest BCUT2D eigenvalue weighted by Crippen LogP contribution is 2.37. The number of hydrogen-bond donors (Lipinski definition) is 0. The van der Waals surface area contributed by atoms with Gasteiger partial charge in [0, 0.05) is 27.3 Å². The molecule has 2 aromatic heterocycles. The largest absolute Gasteiger partial charge is 0.456 e. The molecule has 8 rings (SSSR count). The molecular weight excluding hydrogens is 452 g/mol. The van der Waals surface area contributed by atoms with Crippen LogP contribution in [-0.2, 0) is 0 Å². The van der Waals surface area contributed by atoms with Gasteiger partial charge in [0.1, 0.15) is 11.2 Å². The van der Waals surface area contributed by atoms with E-state index in [4.69, 9.17) is 14.4 Å². The van der Waals surface area contributed by atoms with Crippen molar-refractivity contribution >= 4 is 54.4 Å². The number of aromatic nitrogens is 2. The lowest BCUT2D eigenvalue weighted by Crippen LogP contribution is -1.96. The molecule has 0 bridgehead atoms. The number of nitrogens with zero attached hydrogens (tertiary/aromatic N) is 2. The number of rotatable bonds is 2. The van der Waals surface area contributed by atoms with E-state index in [1.165, 1.54) is 10.8 Å². The zero-order chi connectivity index (χ0) is 24.3. The molecule has 0 fully saturated rings. The maximum atomic E-state index is 6.10. The summed E-state index contributed by atoms with van der Waals surface area (Å²) < 4.78 is 6.10. The summed E-state index contributed by atoms with van der Waals surface area (Å²) in [6.07, 6.45) is 0. The average molecular weight is 473 g/mol. The highest BCUT2D eigenvalue weighted by molar-refractivity contribution is 6.19. The molecule has 0 unspecified atom stereocenters. The normalized spacial score (nSPS) is 11.8. The van der Waals surface area contributed by atoms with E-state index in [-0.39, 0.29) is 0 Å².